The molecule has 172 valence electrons. The lowest BCUT2D eigenvalue weighted by molar-refractivity contribution is -0.121. The summed E-state index contributed by atoms with van der Waals surface area (Å²) in [6.07, 6.45) is 6.94. The van der Waals surface area contributed by atoms with Crippen molar-refractivity contribution in [3.05, 3.63) is 59.2 Å². The average molecular weight is 492 g/mol. The smallest absolute Gasteiger partial charge is 0.220 e. The maximum absolute atomic E-state index is 12.8. The molecule has 1 N–H and O–H groups in total. The number of carbonyl (C=O) groups is 1. The fraction of sp³-hybridized carbons (Fsp3) is 0.458. The number of hydrogen-bond acceptors (Lipinski definition) is 6. The Hall–Kier alpha value is -1.64. The number of benzene rings is 2. The Morgan fingerprint density at radius 1 is 1.16 bits per heavy atom. The van der Waals surface area contributed by atoms with E-state index in [-0.39, 0.29) is 16.8 Å². The van der Waals surface area contributed by atoms with Gasteiger partial charge in [0.25, 0.3) is 0 Å². The number of amides is 1. The van der Waals surface area contributed by atoms with Gasteiger partial charge in [0, 0.05) is 30.1 Å². The van der Waals surface area contributed by atoms with Gasteiger partial charge >= 0.3 is 0 Å². The first-order chi connectivity index (χ1) is 15.4. The highest BCUT2D eigenvalue weighted by Crippen LogP contribution is 2.40. The first-order valence-corrected chi connectivity index (χ1v) is 15.3. The van der Waals surface area contributed by atoms with Crippen molar-refractivity contribution >= 4 is 37.3 Å². The van der Waals surface area contributed by atoms with E-state index in [1.54, 1.807) is 24.3 Å². The Bertz CT molecular complexity index is 1050. The standard InChI is InChI=1S/C24H29NO4S3/c1-32(27,28)21-9-6-17(7-10-21)24(19-8-11-22-18(16-19)12-14-29-22)25-23(26)5-3-2-4-20-13-15-30-31-20/h6-11,16,20,24H,2-5,12-15H2,1H3,(H,25,26). The molecule has 0 radical (unpaired) electrons. The normalized spacial score (nSPS) is 18.7. The van der Waals surface area contributed by atoms with Gasteiger partial charge in [-0.15, -0.1) is 0 Å². The number of rotatable bonds is 9. The van der Waals surface area contributed by atoms with E-state index in [0.717, 1.165) is 47.0 Å². The van der Waals surface area contributed by atoms with E-state index < -0.39 is 9.84 Å². The molecule has 0 aromatic heterocycles. The summed E-state index contributed by atoms with van der Waals surface area (Å²) in [6, 6.07) is 12.5. The van der Waals surface area contributed by atoms with Gasteiger partial charge in [-0.2, -0.15) is 0 Å². The van der Waals surface area contributed by atoms with Gasteiger partial charge in [-0.25, -0.2) is 8.42 Å². The number of sulfone groups is 1. The van der Waals surface area contributed by atoms with Crippen molar-refractivity contribution in [1.82, 2.24) is 5.32 Å². The molecule has 1 fully saturated rings. The summed E-state index contributed by atoms with van der Waals surface area (Å²) in [4.78, 5) is 13.1. The fourth-order valence-electron chi connectivity index (χ4n) is 4.11. The summed E-state index contributed by atoms with van der Waals surface area (Å²) in [5.41, 5.74) is 2.99. The zero-order valence-electron chi connectivity index (χ0n) is 18.2. The van der Waals surface area contributed by atoms with Crippen LogP contribution in [0.15, 0.2) is 47.4 Å². The monoisotopic (exact) mass is 491 g/mol. The molecule has 8 heteroatoms. The van der Waals surface area contributed by atoms with Gasteiger partial charge in [0.1, 0.15) is 5.75 Å². The van der Waals surface area contributed by atoms with Crippen molar-refractivity contribution in [2.75, 3.05) is 18.6 Å². The Morgan fingerprint density at radius 3 is 2.66 bits per heavy atom. The van der Waals surface area contributed by atoms with Crippen LogP contribution >= 0.6 is 21.6 Å². The van der Waals surface area contributed by atoms with Gasteiger partial charge in [-0.3, -0.25) is 4.79 Å². The Morgan fingerprint density at radius 2 is 1.94 bits per heavy atom. The highest BCUT2D eigenvalue weighted by Gasteiger charge is 2.21. The van der Waals surface area contributed by atoms with Gasteiger partial charge < -0.3 is 10.1 Å². The quantitative estimate of drug-likeness (QED) is 0.395. The van der Waals surface area contributed by atoms with E-state index in [4.69, 9.17) is 4.74 Å². The second-order valence-corrected chi connectivity index (χ2v) is 13.2. The highest BCUT2D eigenvalue weighted by molar-refractivity contribution is 8.77. The summed E-state index contributed by atoms with van der Waals surface area (Å²) in [7, 11) is 0.664. The lowest BCUT2D eigenvalue weighted by Gasteiger charge is -2.21. The molecule has 0 spiro atoms. The molecule has 32 heavy (non-hydrogen) atoms. The summed E-state index contributed by atoms with van der Waals surface area (Å²) >= 11 is 0. The number of carbonyl (C=O) groups excluding carboxylic acids is 1. The number of ether oxygens (including phenoxy) is 1. The van der Waals surface area contributed by atoms with Crippen LogP contribution in [0.5, 0.6) is 5.75 Å². The molecule has 1 amide bonds. The van der Waals surface area contributed by atoms with Crippen LogP contribution in [0.1, 0.15) is 54.8 Å². The first kappa shape index (κ1) is 23.5. The summed E-state index contributed by atoms with van der Waals surface area (Å²) in [6.45, 7) is 0.677. The van der Waals surface area contributed by atoms with Crippen molar-refractivity contribution < 1.29 is 17.9 Å². The zero-order valence-corrected chi connectivity index (χ0v) is 20.7. The molecular formula is C24H29NO4S3. The Balaban J connectivity index is 1.46. The van der Waals surface area contributed by atoms with Crippen LogP contribution in [-0.4, -0.2) is 38.2 Å². The van der Waals surface area contributed by atoms with E-state index in [1.807, 2.05) is 33.7 Å². The minimum Gasteiger partial charge on any atom is -0.493 e. The molecule has 2 aromatic carbocycles. The van der Waals surface area contributed by atoms with Gasteiger partial charge in [0.15, 0.2) is 9.84 Å². The van der Waals surface area contributed by atoms with Crippen molar-refractivity contribution in [3.63, 3.8) is 0 Å². The number of fused-ring (bicyclic) bond motifs is 1. The molecule has 5 nitrogen and oxygen atoms in total. The molecule has 2 aliphatic heterocycles. The topological polar surface area (TPSA) is 72.5 Å². The summed E-state index contributed by atoms with van der Waals surface area (Å²) < 4.78 is 29.3. The van der Waals surface area contributed by atoms with E-state index in [2.05, 4.69) is 11.4 Å². The van der Waals surface area contributed by atoms with Crippen LogP contribution in [0.2, 0.25) is 0 Å². The molecule has 0 bridgehead atoms. The van der Waals surface area contributed by atoms with Gasteiger partial charge in [0.05, 0.1) is 17.5 Å². The van der Waals surface area contributed by atoms with Crippen LogP contribution in [0.3, 0.4) is 0 Å². The number of unbranched alkanes of at least 4 members (excludes halogenated alkanes) is 1. The number of nitrogens with one attached hydrogen (secondary N) is 1. The minimum atomic E-state index is -3.27. The third kappa shape index (κ3) is 6.02. The van der Waals surface area contributed by atoms with Crippen molar-refractivity contribution in [2.45, 2.75) is 54.7 Å². The lowest BCUT2D eigenvalue weighted by Crippen LogP contribution is -2.29. The van der Waals surface area contributed by atoms with E-state index in [0.29, 0.717) is 13.0 Å². The largest absolute Gasteiger partial charge is 0.493 e. The van der Waals surface area contributed by atoms with Gasteiger partial charge in [-0.05, 0) is 60.2 Å². The molecule has 2 aromatic rings. The SMILES string of the molecule is CS(=O)(=O)c1ccc(C(NC(=O)CCCCC2CCSS2)c2ccc3c(c2)CCO3)cc1. The molecule has 1 saturated heterocycles. The number of hydrogen-bond donors (Lipinski definition) is 1. The molecule has 0 saturated carbocycles. The predicted octanol–water partition coefficient (Wildman–Crippen LogP) is 4.94. The molecular weight excluding hydrogens is 462 g/mol. The highest BCUT2D eigenvalue weighted by atomic mass is 33.1. The average Bonchev–Trinajstić information content (AvgIpc) is 3.46. The van der Waals surface area contributed by atoms with Crippen molar-refractivity contribution in [3.8, 4) is 5.75 Å². The van der Waals surface area contributed by atoms with Crippen LogP contribution in [0.25, 0.3) is 0 Å². The Kier molecular flexibility index (Phi) is 7.74. The van der Waals surface area contributed by atoms with Crippen molar-refractivity contribution in [1.29, 1.82) is 0 Å². The molecule has 2 heterocycles. The molecule has 2 atom stereocenters. The third-order valence-electron chi connectivity index (χ3n) is 5.90. The molecule has 2 unspecified atom stereocenters. The van der Waals surface area contributed by atoms with Crippen LogP contribution in [0, 0.1) is 0 Å². The van der Waals surface area contributed by atoms with Crippen LogP contribution in [-0.2, 0) is 21.1 Å². The fourth-order valence-corrected chi connectivity index (χ4v) is 7.77. The maximum Gasteiger partial charge on any atom is 0.220 e. The second-order valence-electron chi connectivity index (χ2n) is 8.38. The van der Waals surface area contributed by atoms with E-state index >= 15 is 0 Å². The van der Waals surface area contributed by atoms with Crippen molar-refractivity contribution in [2.24, 2.45) is 0 Å². The Labute approximate surface area is 198 Å². The van der Waals surface area contributed by atoms with Gasteiger partial charge in [-0.1, -0.05) is 46.2 Å². The molecule has 2 aliphatic rings. The summed E-state index contributed by atoms with van der Waals surface area (Å²) in [5, 5.41) is 3.92. The van der Waals surface area contributed by atoms with E-state index in [9.17, 15) is 13.2 Å². The first-order valence-electron chi connectivity index (χ1n) is 11.0. The second kappa shape index (κ2) is 10.5. The van der Waals surface area contributed by atoms with Crippen LogP contribution < -0.4 is 10.1 Å². The lowest BCUT2D eigenvalue weighted by atomic mass is 9.96. The third-order valence-corrected chi connectivity index (χ3v) is 10.0. The zero-order chi connectivity index (χ0) is 22.6. The van der Waals surface area contributed by atoms with Crippen LogP contribution in [0.4, 0.5) is 0 Å². The van der Waals surface area contributed by atoms with E-state index in [1.165, 1.54) is 24.9 Å². The summed E-state index contributed by atoms with van der Waals surface area (Å²) in [5.74, 6) is 2.16. The molecule has 0 aliphatic carbocycles. The predicted molar refractivity (Wildman–Crippen MR) is 132 cm³/mol. The maximum atomic E-state index is 12.8. The van der Waals surface area contributed by atoms with Gasteiger partial charge in [0.2, 0.25) is 5.91 Å². The molecule has 4 rings (SSSR count). The minimum absolute atomic E-state index is 0.0207.